The zero-order chi connectivity index (χ0) is 29.3. The molecule has 0 aliphatic heterocycles. The summed E-state index contributed by atoms with van der Waals surface area (Å²) < 4.78 is 2.46. The summed E-state index contributed by atoms with van der Waals surface area (Å²) >= 11 is 0. The van der Waals surface area contributed by atoms with Crippen LogP contribution in [0.5, 0.6) is 0 Å². The van der Waals surface area contributed by atoms with E-state index in [9.17, 15) is 0 Å². The molecule has 0 aliphatic carbocycles. The fourth-order valence-corrected chi connectivity index (χ4v) is 11.9. The van der Waals surface area contributed by atoms with Crippen molar-refractivity contribution in [1.29, 1.82) is 0 Å². The Morgan fingerprint density at radius 1 is 0.364 bits per heavy atom. The van der Waals surface area contributed by atoms with E-state index in [1.165, 1.54) is 59.4 Å². The summed E-state index contributed by atoms with van der Waals surface area (Å²) in [5, 5.41) is 8.06. The SMILES string of the molecule is c1ccc(-c2cccc3c2c2ccccc2n3-c2cccc([Si](c3ccccc3)(c3ccccc3)c3ccccc3)c2)cc1. The van der Waals surface area contributed by atoms with Gasteiger partial charge in [-0.3, -0.25) is 0 Å². The van der Waals surface area contributed by atoms with Crippen molar-refractivity contribution in [3.63, 3.8) is 0 Å². The molecule has 44 heavy (non-hydrogen) atoms. The normalized spacial score (nSPS) is 11.6. The van der Waals surface area contributed by atoms with Crippen LogP contribution in [0.1, 0.15) is 0 Å². The van der Waals surface area contributed by atoms with Crippen LogP contribution in [-0.2, 0) is 0 Å². The summed E-state index contributed by atoms with van der Waals surface area (Å²) in [4.78, 5) is 0. The topological polar surface area (TPSA) is 4.93 Å². The van der Waals surface area contributed by atoms with Gasteiger partial charge in [0.1, 0.15) is 0 Å². The number of rotatable bonds is 6. The van der Waals surface area contributed by atoms with Crippen LogP contribution in [0, 0.1) is 0 Å². The molecule has 1 nitrogen and oxygen atoms in total. The highest BCUT2D eigenvalue weighted by Gasteiger charge is 2.41. The number of hydrogen-bond acceptors (Lipinski definition) is 0. The van der Waals surface area contributed by atoms with Crippen molar-refractivity contribution in [1.82, 2.24) is 4.57 Å². The van der Waals surface area contributed by atoms with Crippen LogP contribution >= 0.6 is 0 Å². The zero-order valence-corrected chi connectivity index (χ0v) is 25.3. The molecule has 1 aromatic heterocycles. The van der Waals surface area contributed by atoms with E-state index in [-0.39, 0.29) is 0 Å². The summed E-state index contributed by atoms with van der Waals surface area (Å²) in [6.07, 6.45) is 0. The molecule has 0 fully saturated rings. The molecule has 7 aromatic carbocycles. The average molecular weight is 578 g/mol. The zero-order valence-electron chi connectivity index (χ0n) is 24.3. The molecule has 0 N–H and O–H groups in total. The van der Waals surface area contributed by atoms with Gasteiger partial charge in [-0.2, -0.15) is 0 Å². The second kappa shape index (κ2) is 11.0. The summed E-state index contributed by atoms with van der Waals surface area (Å²) in [5.74, 6) is 0. The quantitative estimate of drug-likeness (QED) is 0.140. The molecule has 0 amide bonds. The molecule has 2 heteroatoms. The highest BCUT2D eigenvalue weighted by Crippen LogP contribution is 2.38. The van der Waals surface area contributed by atoms with E-state index < -0.39 is 8.07 Å². The number of nitrogens with zero attached hydrogens (tertiary/aromatic N) is 1. The lowest BCUT2D eigenvalue weighted by molar-refractivity contribution is 1.18. The first kappa shape index (κ1) is 26.2. The maximum Gasteiger partial charge on any atom is 0.179 e. The molecule has 0 saturated heterocycles. The van der Waals surface area contributed by atoms with Gasteiger partial charge >= 0.3 is 0 Å². The molecule has 208 valence electrons. The Kier molecular flexibility index (Phi) is 6.55. The van der Waals surface area contributed by atoms with Crippen molar-refractivity contribution in [3.05, 3.63) is 188 Å². The summed E-state index contributed by atoms with van der Waals surface area (Å²) in [7, 11) is -2.66. The second-order valence-corrected chi connectivity index (χ2v) is 15.1. The van der Waals surface area contributed by atoms with Crippen LogP contribution in [0.25, 0.3) is 38.6 Å². The van der Waals surface area contributed by atoms with Gasteiger partial charge < -0.3 is 4.57 Å². The summed E-state index contributed by atoms with van der Waals surface area (Å²) in [6.45, 7) is 0. The Bertz CT molecular complexity index is 2110. The van der Waals surface area contributed by atoms with Gasteiger partial charge in [0.05, 0.1) is 11.0 Å². The number of aromatic nitrogens is 1. The molecule has 1 heterocycles. The molecule has 0 aliphatic rings. The van der Waals surface area contributed by atoms with Crippen LogP contribution < -0.4 is 20.7 Å². The molecule has 0 radical (unpaired) electrons. The van der Waals surface area contributed by atoms with E-state index in [1.54, 1.807) is 0 Å². The molecule has 0 atom stereocenters. The smallest absolute Gasteiger partial charge is 0.179 e. The van der Waals surface area contributed by atoms with Gasteiger partial charge in [0.25, 0.3) is 0 Å². The van der Waals surface area contributed by atoms with Gasteiger partial charge in [-0.1, -0.05) is 164 Å². The lowest BCUT2D eigenvalue weighted by atomic mass is 9.99. The average Bonchev–Trinajstić information content (AvgIpc) is 3.45. The predicted molar refractivity (Wildman–Crippen MR) is 190 cm³/mol. The van der Waals surface area contributed by atoms with Crippen molar-refractivity contribution < 1.29 is 0 Å². The van der Waals surface area contributed by atoms with Crippen molar-refractivity contribution in [3.8, 4) is 16.8 Å². The molecule has 0 bridgehead atoms. The van der Waals surface area contributed by atoms with E-state index in [1.807, 2.05) is 0 Å². The number of fused-ring (bicyclic) bond motifs is 3. The van der Waals surface area contributed by atoms with E-state index in [0.29, 0.717) is 0 Å². The number of benzene rings is 7. The van der Waals surface area contributed by atoms with Crippen molar-refractivity contribution in [2.75, 3.05) is 0 Å². The van der Waals surface area contributed by atoms with Gasteiger partial charge in [-0.05, 0) is 56.1 Å². The molecule has 0 unspecified atom stereocenters. The van der Waals surface area contributed by atoms with Crippen LogP contribution in [0.2, 0.25) is 0 Å². The first-order valence-electron chi connectivity index (χ1n) is 15.2. The summed E-state index contributed by atoms with van der Waals surface area (Å²) in [6, 6.07) is 69.1. The van der Waals surface area contributed by atoms with Gasteiger partial charge in [0, 0.05) is 16.5 Å². The second-order valence-electron chi connectivity index (χ2n) is 11.3. The minimum absolute atomic E-state index is 1.18. The predicted octanol–water partition coefficient (Wildman–Crippen LogP) is 7.83. The van der Waals surface area contributed by atoms with E-state index in [0.717, 1.165) is 0 Å². The molecule has 8 rings (SSSR count). The molecule has 0 spiro atoms. The minimum Gasteiger partial charge on any atom is -0.309 e. The lowest BCUT2D eigenvalue weighted by Gasteiger charge is -2.34. The fraction of sp³-hybridized carbons (Fsp3) is 0. The van der Waals surface area contributed by atoms with E-state index in [4.69, 9.17) is 0 Å². The highest BCUT2D eigenvalue weighted by atomic mass is 28.3. The van der Waals surface area contributed by atoms with Crippen LogP contribution in [-0.4, -0.2) is 12.6 Å². The monoisotopic (exact) mass is 577 g/mol. The van der Waals surface area contributed by atoms with Crippen molar-refractivity contribution in [2.45, 2.75) is 0 Å². The molecular formula is C42H31NSi. The first-order valence-corrected chi connectivity index (χ1v) is 17.2. The highest BCUT2D eigenvalue weighted by molar-refractivity contribution is 7.19. The van der Waals surface area contributed by atoms with Crippen LogP contribution in [0.15, 0.2) is 188 Å². The number of para-hydroxylation sites is 1. The fourth-order valence-electron chi connectivity index (χ4n) is 7.10. The minimum atomic E-state index is -2.66. The third-order valence-corrected chi connectivity index (χ3v) is 13.7. The van der Waals surface area contributed by atoms with Gasteiger partial charge in [0.2, 0.25) is 0 Å². The third kappa shape index (κ3) is 4.15. The first-order chi connectivity index (χ1) is 21.9. The Balaban J connectivity index is 1.45. The lowest BCUT2D eigenvalue weighted by Crippen LogP contribution is -2.74. The Morgan fingerprint density at radius 3 is 1.45 bits per heavy atom. The molecular weight excluding hydrogens is 547 g/mol. The Labute approximate surface area is 259 Å². The maximum atomic E-state index is 2.46. The maximum absolute atomic E-state index is 2.66. The number of hydrogen-bond donors (Lipinski definition) is 0. The van der Waals surface area contributed by atoms with E-state index >= 15 is 0 Å². The van der Waals surface area contributed by atoms with Gasteiger partial charge in [-0.25, -0.2) is 0 Å². The summed E-state index contributed by atoms with van der Waals surface area (Å²) in [5.41, 5.74) is 6.11. The van der Waals surface area contributed by atoms with Crippen LogP contribution in [0.3, 0.4) is 0 Å². The standard InChI is InChI=1S/C42H31NSi/c1-5-17-32(18-6-1)38-28-16-30-41-42(38)39-27-13-14-29-40(39)43(41)33-19-15-26-37(31-33)44(34-20-7-2-8-21-34,35-22-9-3-10-23-35)36-24-11-4-12-25-36/h1-31H. The third-order valence-electron chi connectivity index (χ3n) is 8.94. The largest absolute Gasteiger partial charge is 0.309 e. The van der Waals surface area contributed by atoms with Gasteiger partial charge in [-0.15, -0.1) is 0 Å². The van der Waals surface area contributed by atoms with Crippen LogP contribution in [0.4, 0.5) is 0 Å². The molecule has 0 saturated carbocycles. The Morgan fingerprint density at radius 2 is 0.841 bits per heavy atom. The molecule has 8 aromatic rings. The van der Waals surface area contributed by atoms with Crippen molar-refractivity contribution >= 4 is 50.6 Å². The van der Waals surface area contributed by atoms with Crippen molar-refractivity contribution in [2.24, 2.45) is 0 Å². The Hall–Kier alpha value is -5.44. The van der Waals surface area contributed by atoms with E-state index in [2.05, 4.69) is 193 Å². The van der Waals surface area contributed by atoms with Gasteiger partial charge in [0.15, 0.2) is 8.07 Å².